The summed E-state index contributed by atoms with van der Waals surface area (Å²) in [6.45, 7) is 1.92. The van der Waals surface area contributed by atoms with Gasteiger partial charge in [-0.25, -0.2) is 14.4 Å². The molecule has 1 N–H and O–H groups in total. The van der Waals surface area contributed by atoms with Crippen LogP contribution in [0.1, 0.15) is 15.2 Å². The largest absolute Gasteiger partial charge is 0.306 e. The normalized spacial score (nSPS) is 11.0. The van der Waals surface area contributed by atoms with Gasteiger partial charge in [-0.3, -0.25) is 10.1 Å². The molecular formula is C18H13FN4OS. The van der Waals surface area contributed by atoms with Crippen LogP contribution >= 0.6 is 11.3 Å². The number of aryl methyl sites for hydroxylation is 1. The minimum Gasteiger partial charge on any atom is -0.306 e. The summed E-state index contributed by atoms with van der Waals surface area (Å²) in [5, 5.41) is 3.33. The van der Waals surface area contributed by atoms with Gasteiger partial charge in [-0.15, -0.1) is 11.3 Å². The first-order chi connectivity index (χ1) is 12.1. The Kier molecular flexibility index (Phi) is 3.77. The molecule has 0 unspecified atom stereocenters. The zero-order chi connectivity index (χ0) is 17.4. The lowest BCUT2D eigenvalue weighted by molar-refractivity contribution is 0.102. The van der Waals surface area contributed by atoms with Crippen molar-refractivity contribution < 1.29 is 9.18 Å². The van der Waals surface area contributed by atoms with Crippen LogP contribution in [-0.4, -0.2) is 20.3 Å². The number of aromatic nitrogens is 3. The van der Waals surface area contributed by atoms with E-state index in [0.717, 1.165) is 21.8 Å². The lowest BCUT2D eigenvalue weighted by atomic mass is 10.1. The number of thiazole rings is 1. The predicted molar refractivity (Wildman–Crippen MR) is 95.4 cm³/mol. The lowest BCUT2D eigenvalue weighted by Crippen LogP contribution is -2.12. The predicted octanol–water partition coefficient (Wildman–Crippen LogP) is 4.16. The van der Waals surface area contributed by atoms with Crippen LogP contribution in [0.3, 0.4) is 0 Å². The number of fused-ring (bicyclic) bond motifs is 1. The Morgan fingerprint density at radius 1 is 1.20 bits per heavy atom. The number of hydrogen-bond donors (Lipinski definition) is 1. The fourth-order valence-corrected chi connectivity index (χ4v) is 3.38. The third-order valence-corrected chi connectivity index (χ3v) is 4.67. The molecule has 0 aliphatic carbocycles. The molecular weight excluding hydrogens is 339 g/mol. The molecule has 25 heavy (non-hydrogen) atoms. The van der Waals surface area contributed by atoms with E-state index in [4.69, 9.17) is 0 Å². The number of halogens is 1. The molecule has 1 aromatic carbocycles. The fraction of sp³-hybridized carbons (Fsp3) is 0.0556. The Morgan fingerprint density at radius 3 is 2.80 bits per heavy atom. The Morgan fingerprint density at radius 2 is 2.00 bits per heavy atom. The van der Waals surface area contributed by atoms with Gasteiger partial charge < -0.3 is 4.40 Å². The SMILES string of the molecule is Cc1sc(NC(=O)c2ccc3nccn3c2)nc1-c1ccc(F)cc1. The topological polar surface area (TPSA) is 59.3 Å². The molecule has 4 rings (SSSR count). The van der Waals surface area contributed by atoms with Crippen molar-refractivity contribution >= 4 is 28.0 Å². The summed E-state index contributed by atoms with van der Waals surface area (Å²) >= 11 is 1.39. The number of benzene rings is 1. The van der Waals surface area contributed by atoms with Crippen molar-refractivity contribution in [3.8, 4) is 11.3 Å². The maximum atomic E-state index is 13.1. The van der Waals surface area contributed by atoms with Crippen molar-refractivity contribution in [2.75, 3.05) is 5.32 Å². The van der Waals surface area contributed by atoms with Crippen LogP contribution in [0, 0.1) is 12.7 Å². The molecule has 0 atom stereocenters. The Labute approximate surface area is 146 Å². The summed E-state index contributed by atoms with van der Waals surface area (Å²) in [5.41, 5.74) is 2.85. The minimum atomic E-state index is -0.292. The molecule has 0 spiro atoms. The monoisotopic (exact) mass is 352 g/mol. The van der Waals surface area contributed by atoms with E-state index >= 15 is 0 Å². The molecule has 0 bridgehead atoms. The number of anilines is 1. The molecule has 0 radical (unpaired) electrons. The van der Waals surface area contributed by atoms with Crippen LogP contribution in [0.5, 0.6) is 0 Å². The van der Waals surface area contributed by atoms with Crippen LogP contribution in [0.2, 0.25) is 0 Å². The zero-order valence-corrected chi connectivity index (χ0v) is 14.0. The number of hydrogen-bond acceptors (Lipinski definition) is 4. The first kappa shape index (κ1) is 15.5. The number of nitrogens with one attached hydrogen (secondary N) is 1. The second kappa shape index (κ2) is 6.10. The average molecular weight is 352 g/mol. The van der Waals surface area contributed by atoms with Gasteiger partial charge >= 0.3 is 0 Å². The Bertz CT molecular complexity index is 1070. The number of pyridine rings is 1. The molecule has 5 nitrogen and oxygen atoms in total. The highest BCUT2D eigenvalue weighted by Gasteiger charge is 2.14. The summed E-state index contributed by atoms with van der Waals surface area (Å²) in [6, 6.07) is 9.65. The van der Waals surface area contributed by atoms with Crippen molar-refractivity contribution in [2.45, 2.75) is 6.92 Å². The molecule has 3 aromatic heterocycles. The van der Waals surface area contributed by atoms with Gasteiger partial charge in [0.2, 0.25) is 0 Å². The van der Waals surface area contributed by atoms with Crippen LogP contribution in [0.25, 0.3) is 16.9 Å². The summed E-state index contributed by atoms with van der Waals surface area (Å²) in [4.78, 5) is 22.0. The maximum Gasteiger partial charge on any atom is 0.258 e. The molecule has 4 aromatic rings. The van der Waals surface area contributed by atoms with E-state index < -0.39 is 0 Å². The van der Waals surface area contributed by atoms with Crippen LogP contribution in [0.4, 0.5) is 9.52 Å². The molecule has 3 heterocycles. The second-order valence-electron chi connectivity index (χ2n) is 5.50. The van der Waals surface area contributed by atoms with E-state index in [1.807, 2.05) is 6.92 Å². The van der Waals surface area contributed by atoms with E-state index in [0.29, 0.717) is 10.7 Å². The van der Waals surface area contributed by atoms with Crippen molar-refractivity contribution in [3.05, 3.63) is 71.2 Å². The third-order valence-electron chi connectivity index (χ3n) is 3.79. The van der Waals surface area contributed by atoms with E-state index in [9.17, 15) is 9.18 Å². The molecule has 0 saturated heterocycles. The van der Waals surface area contributed by atoms with Gasteiger partial charge in [0.25, 0.3) is 5.91 Å². The first-order valence-corrected chi connectivity index (χ1v) is 8.39. The molecule has 0 saturated carbocycles. The van der Waals surface area contributed by atoms with Gasteiger partial charge in [0, 0.05) is 29.0 Å². The highest BCUT2D eigenvalue weighted by Crippen LogP contribution is 2.30. The van der Waals surface area contributed by atoms with Crippen LogP contribution in [0.15, 0.2) is 55.0 Å². The van der Waals surface area contributed by atoms with Crippen LogP contribution in [-0.2, 0) is 0 Å². The van der Waals surface area contributed by atoms with Gasteiger partial charge in [-0.2, -0.15) is 0 Å². The number of rotatable bonds is 3. The number of carbonyl (C=O) groups excluding carboxylic acids is 1. The van der Waals surface area contributed by atoms with Crippen molar-refractivity contribution in [1.82, 2.24) is 14.4 Å². The van der Waals surface area contributed by atoms with Gasteiger partial charge in [0.1, 0.15) is 11.5 Å². The van der Waals surface area contributed by atoms with E-state index in [-0.39, 0.29) is 11.7 Å². The standard InChI is InChI=1S/C18H13FN4OS/c1-11-16(12-2-5-14(19)6-3-12)21-18(25-11)22-17(24)13-4-7-15-20-8-9-23(15)10-13/h2-10H,1H3,(H,21,22,24). The van der Waals surface area contributed by atoms with Crippen LogP contribution < -0.4 is 5.32 Å². The molecule has 1 amide bonds. The van der Waals surface area contributed by atoms with Gasteiger partial charge in [0.15, 0.2) is 5.13 Å². The number of amides is 1. The Hall–Kier alpha value is -3.06. The van der Waals surface area contributed by atoms with E-state index in [1.165, 1.54) is 23.5 Å². The smallest absolute Gasteiger partial charge is 0.258 e. The molecule has 0 aliphatic rings. The van der Waals surface area contributed by atoms with Crippen molar-refractivity contribution in [3.63, 3.8) is 0 Å². The third kappa shape index (κ3) is 3.01. The molecule has 0 fully saturated rings. The highest BCUT2D eigenvalue weighted by atomic mass is 32.1. The Balaban J connectivity index is 1.59. The lowest BCUT2D eigenvalue weighted by Gasteiger charge is -2.02. The summed E-state index contributed by atoms with van der Waals surface area (Å²) in [5.74, 6) is -0.532. The van der Waals surface area contributed by atoms with Crippen molar-refractivity contribution in [2.24, 2.45) is 0 Å². The van der Waals surface area contributed by atoms with Crippen molar-refractivity contribution in [1.29, 1.82) is 0 Å². The molecule has 124 valence electrons. The van der Waals surface area contributed by atoms with Gasteiger partial charge in [-0.1, -0.05) is 0 Å². The quantitative estimate of drug-likeness (QED) is 0.602. The summed E-state index contributed by atoms with van der Waals surface area (Å²) < 4.78 is 14.9. The first-order valence-electron chi connectivity index (χ1n) is 7.57. The number of carbonyl (C=O) groups is 1. The number of imidazole rings is 1. The second-order valence-corrected chi connectivity index (χ2v) is 6.70. The average Bonchev–Trinajstić information content (AvgIpc) is 3.21. The number of nitrogens with zero attached hydrogens (tertiary/aromatic N) is 3. The summed E-state index contributed by atoms with van der Waals surface area (Å²) in [6.07, 6.45) is 5.18. The molecule has 7 heteroatoms. The zero-order valence-electron chi connectivity index (χ0n) is 13.2. The molecule has 0 aliphatic heterocycles. The highest BCUT2D eigenvalue weighted by molar-refractivity contribution is 7.16. The van der Waals surface area contributed by atoms with Gasteiger partial charge in [0.05, 0.1) is 11.3 Å². The minimum absolute atomic E-state index is 0.241. The van der Waals surface area contributed by atoms with E-state index in [1.54, 1.807) is 47.3 Å². The maximum absolute atomic E-state index is 13.1. The summed E-state index contributed by atoms with van der Waals surface area (Å²) in [7, 11) is 0. The van der Waals surface area contributed by atoms with E-state index in [2.05, 4.69) is 15.3 Å². The fourth-order valence-electron chi connectivity index (χ4n) is 2.55. The van der Waals surface area contributed by atoms with Gasteiger partial charge in [-0.05, 0) is 43.3 Å².